The molecule has 0 saturated heterocycles. The SMILES string of the molecule is Cc1ccc(-c2cc(-n3c4ccc(C(C)(C)C)cc4c4cc(C(C)(C)C)ccc43)cc(-c3ccc(C)cc3)n2)cc1. The molecule has 0 aliphatic carbocycles. The molecule has 0 fully saturated rings. The zero-order valence-electron chi connectivity index (χ0n) is 25.6. The molecular weight excluding hydrogens is 496 g/mol. The Morgan fingerprint density at radius 3 is 1.24 bits per heavy atom. The average Bonchev–Trinajstić information content (AvgIpc) is 3.26. The summed E-state index contributed by atoms with van der Waals surface area (Å²) in [5.41, 5.74) is 13.1. The fourth-order valence-electron chi connectivity index (χ4n) is 5.62. The lowest BCUT2D eigenvalue weighted by Crippen LogP contribution is -2.10. The van der Waals surface area contributed by atoms with Gasteiger partial charge in [-0.2, -0.15) is 0 Å². The van der Waals surface area contributed by atoms with E-state index in [4.69, 9.17) is 4.98 Å². The van der Waals surface area contributed by atoms with Crippen LogP contribution in [0.15, 0.2) is 97.1 Å². The van der Waals surface area contributed by atoms with Gasteiger partial charge in [0.2, 0.25) is 0 Å². The van der Waals surface area contributed by atoms with Crippen molar-refractivity contribution in [3.05, 3.63) is 119 Å². The predicted octanol–water partition coefficient (Wildman–Crippen LogP) is 10.7. The normalized spacial score (nSPS) is 12.4. The Labute approximate surface area is 244 Å². The maximum absolute atomic E-state index is 5.18. The van der Waals surface area contributed by atoms with Crippen LogP contribution < -0.4 is 0 Å². The molecule has 0 saturated carbocycles. The van der Waals surface area contributed by atoms with E-state index >= 15 is 0 Å². The van der Waals surface area contributed by atoms with E-state index < -0.39 is 0 Å². The standard InChI is InChI=1S/C39H40N2/c1-25-9-13-27(14-10-25)34-23-31(24-35(40-34)28-15-11-26(2)12-16-28)41-36-19-17-29(38(3,4)5)21-32(36)33-22-30(39(6,7)8)18-20-37(33)41/h9-24H,1-8H3. The van der Waals surface area contributed by atoms with Gasteiger partial charge in [-0.3, -0.25) is 0 Å². The summed E-state index contributed by atoms with van der Waals surface area (Å²) in [5, 5.41) is 2.59. The minimum absolute atomic E-state index is 0.0676. The summed E-state index contributed by atoms with van der Waals surface area (Å²) in [6, 6.07) is 35.9. The van der Waals surface area contributed by atoms with Crippen molar-refractivity contribution < 1.29 is 0 Å². The van der Waals surface area contributed by atoms with Gasteiger partial charge in [0.1, 0.15) is 0 Å². The summed E-state index contributed by atoms with van der Waals surface area (Å²) in [6.07, 6.45) is 0. The molecule has 2 nitrogen and oxygen atoms in total. The van der Waals surface area contributed by atoms with Gasteiger partial charge in [-0.25, -0.2) is 4.98 Å². The first-order chi connectivity index (χ1) is 19.4. The molecule has 2 aromatic heterocycles. The molecule has 0 radical (unpaired) electrons. The van der Waals surface area contributed by atoms with Crippen molar-refractivity contribution in [3.63, 3.8) is 0 Å². The smallest absolute Gasteiger partial charge is 0.0730 e. The average molecular weight is 537 g/mol. The lowest BCUT2D eigenvalue weighted by atomic mass is 9.85. The first-order valence-electron chi connectivity index (χ1n) is 14.6. The van der Waals surface area contributed by atoms with Gasteiger partial charge in [-0.15, -0.1) is 0 Å². The van der Waals surface area contributed by atoms with Crippen molar-refractivity contribution in [2.75, 3.05) is 0 Å². The minimum Gasteiger partial charge on any atom is -0.309 e. The van der Waals surface area contributed by atoms with Crippen LogP contribution >= 0.6 is 0 Å². The zero-order valence-corrected chi connectivity index (χ0v) is 25.6. The van der Waals surface area contributed by atoms with Crippen molar-refractivity contribution >= 4 is 21.8 Å². The number of rotatable bonds is 3. The number of aromatic nitrogens is 2. The van der Waals surface area contributed by atoms with Crippen LogP contribution in [0.25, 0.3) is 50.0 Å². The number of aryl methyl sites for hydroxylation is 2. The zero-order chi connectivity index (χ0) is 29.1. The Balaban J connectivity index is 1.68. The van der Waals surface area contributed by atoms with E-state index in [-0.39, 0.29) is 10.8 Å². The summed E-state index contributed by atoms with van der Waals surface area (Å²) < 4.78 is 2.43. The Hall–Kier alpha value is -4.17. The largest absolute Gasteiger partial charge is 0.309 e. The van der Waals surface area contributed by atoms with Gasteiger partial charge in [0.05, 0.1) is 28.1 Å². The molecule has 6 aromatic rings. The van der Waals surface area contributed by atoms with E-state index in [2.05, 4.69) is 157 Å². The molecule has 0 amide bonds. The first-order valence-corrected chi connectivity index (χ1v) is 14.6. The molecule has 0 unspecified atom stereocenters. The third kappa shape index (κ3) is 5.08. The highest BCUT2D eigenvalue weighted by Crippen LogP contribution is 2.39. The Morgan fingerprint density at radius 1 is 0.488 bits per heavy atom. The molecule has 0 aliphatic rings. The van der Waals surface area contributed by atoms with Crippen LogP contribution in [0.5, 0.6) is 0 Å². The monoisotopic (exact) mass is 536 g/mol. The number of fused-ring (bicyclic) bond motifs is 3. The van der Waals surface area contributed by atoms with E-state index in [1.54, 1.807) is 0 Å². The van der Waals surface area contributed by atoms with E-state index in [9.17, 15) is 0 Å². The quantitative estimate of drug-likeness (QED) is 0.220. The second kappa shape index (κ2) is 9.73. The number of nitrogens with zero attached hydrogens (tertiary/aromatic N) is 2. The third-order valence-electron chi connectivity index (χ3n) is 8.26. The topological polar surface area (TPSA) is 17.8 Å². The van der Waals surface area contributed by atoms with Gasteiger partial charge in [0.15, 0.2) is 0 Å². The first kappa shape index (κ1) is 27.0. The predicted molar refractivity (Wildman–Crippen MR) is 176 cm³/mol. The van der Waals surface area contributed by atoms with Gasteiger partial charge in [-0.05, 0) is 72.2 Å². The second-order valence-electron chi connectivity index (χ2n) is 13.6. The molecule has 6 rings (SSSR count). The molecule has 0 bridgehead atoms. The maximum Gasteiger partial charge on any atom is 0.0730 e. The Bertz CT molecular complexity index is 1750. The molecule has 0 aliphatic heterocycles. The second-order valence-corrected chi connectivity index (χ2v) is 13.6. The molecule has 0 N–H and O–H groups in total. The Kier molecular flexibility index (Phi) is 6.41. The Morgan fingerprint density at radius 2 is 0.878 bits per heavy atom. The van der Waals surface area contributed by atoms with Crippen LogP contribution in [0.3, 0.4) is 0 Å². The van der Waals surface area contributed by atoms with Gasteiger partial charge in [0.25, 0.3) is 0 Å². The minimum atomic E-state index is 0.0676. The third-order valence-corrected chi connectivity index (χ3v) is 8.26. The van der Waals surface area contributed by atoms with Crippen LogP contribution in [0.4, 0.5) is 0 Å². The molecule has 2 heteroatoms. The van der Waals surface area contributed by atoms with Gasteiger partial charge in [-0.1, -0.05) is 113 Å². The van der Waals surface area contributed by atoms with Crippen molar-refractivity contribution in [1.82, 2.24) is 9.55 Å². The van der Waals surface area contributed by atoms with Crippen LogP contribution in [0.1, 0.15) is 63.8 Å². The summed E-state index contributed by atoms with van der Waals surface area (Å²) in [6.45, 7) is 18.0. The lowest BCUT2D eigenvalue weighted by Gasteiger charge is -2.19. The fourth-order valence-corrected chi connectivity index (χ4v) is 5.62. The van der Waals surface area contributed by atoms with Crippen LogP contribution in [-0.4, -0.2) is 9.55 Å². The molecule has 4 aromatic carbocycles. The molecule has 206 valence electrons. The maximum atomic E-state index is 5.18. The van der Waals surface area contributed by atoms with E-state index in [1.165, 1.54) is 44.1 Å². The number of hydrogen-bond acceptors (Lipinski definition) is 1. The van der Waals surface area contributed by atoms with E-state index in [1.807, 2.05) is 0 Å². The summed E-state index contributed by atoms with van der Waals surface area (Å²) in [4.78, 5) is 5.18. The molecule has 41 heavy (non-hydrogen) atoms. The molecule has 0 atom stereocenters. The summed E-state index contributed by atoms with van der Waals surface area (Å²) in [7, 11) is 0. The van der Waals surface area contributed by atoms with Gasteiger partial charge >= 0.3 is 0 Å². The fraction of sp³-hybridized carbons (Fsp3) is 0.256. The number of hydrogen-bond donors (Lipinski definition) is 0. The van der Waals surface area contributed by atoms with Crippen molar-refractivity contribution in [3.8, 4) is 28.2 Å². The van der Waals surface area contributed by atoms with Crippen LogP contribution in [0, 0.1) is 13.8 Å². The summed E-state index contributed by atoms with van der Waals surface area (Å²) in [5.74, 6) is 0. The van der Waals surface area contributed by atoms with Crippen molar-refractivity contribution in [2.45, 2.75) is 66.2 Å². The van der Waals surface area contributed by atoms with E-state index in [0.717, 1.165) is 28.2 Å². The highest BCUT2D eigenvalue weighted by Gasteiger charge is 2.21. The van der Waals surface area contributed by atoms with Gasteiger partial charge in [0, 0.05) is 21.9 Å². The molecule has 0 spiro atoms. The van der Waals surface area contributed by atoms with Crippen LogP contribution in [-0.2, 0) is 10.8 Å². The number of benzene rings is 4. The number of pyridine rings is 1. The van der Waals surface area contributed by atoms with Gasteiger partial charge < -0.3 is 4.57 Å². The van der Waals surface area contributed by atoms with E-state index in [0.29, 0.717) is 0 Å². The van der Waals surface area contributed by atoms with Crippen molar-refractivity contribution in [2.24, 2.45) is 0 Å². The molecular formula is C39H40N2. The molecule has 2 heterocycles. The highest BCUT2D eigenvalue weighted by molar-refractivity contribution is 6.10. The lowest BCUT2D eigenvalue weighted by molar-refractivity contribution is 0.590. The summed E-state index contributed by atoms with van der Waals surface area (Å²) >= 11 is 0. The van der Waals surface area contributed by atoms with Crippen LogP contribution in [0.2, 0.25) is 0 Å². The van der Waals surface area contributed by atoms with Crippen molar-refractivity contribution in [1.29, 1.82) is 0 Å². The highest BCUT2D eigenvalue weighted by atomic mass is 15.0.